The molecule has 4 heteroatoms. The van der Waals surface area contributed by atoms with Crippen LogP contribution in [0, 0.1) is 0 Å². The second kappa shape index (κ2) is 7.84. The van der Waals surface area contributed by atoms with E-state index in [2.05, 4.69) is 47.8 Å². The Morgan fingerprint density at radius 1 is 1.33 bits per heavy atom. The van der Waals surface area contributed by atoms with Crippen LogP contribution in [-0.4, -0.2) is 16.1 Å². The molecule has 0 saturated carbocycles. The third-order valence-corrected chi connectivity index (χ3v) is 3.52. The van der Waals surface area contributed by atoms with Crippen LogP contribution in [0.15, 0.2) is 36.8 Å². The molecule has 0 aliphatic carbocycles. The van der Waals surface area contributed by atoms with E-state index in [0.29, 0.717) is 12.6 Å². The molecule has 1 heterocycles. The van der Waals surface area contributed by atoms with E-state index in [1.165, 1.54) is 5.56 Å². The predicted octanol–water partition coefficient (Wildman–Crippen LogP) is 3.54. The van der Waals surface area contributed by atoms with Gasteiger partial charge in [0.1, 0.15) is 12.4 Å². The molecule has 2 rings (SSSR count). The van der Waals surface area contributed by atoms with Crippen LogP contribution in [-0.2, 0) is 13.2 Å². The fourth-order valence-corrected chi connectivity index (χ4v) is 2.37. The van der Waals surface area contributed by atoms with Crippen molar-refractivity contribution in [3.05, 3.63) is 48.0 Å². The summed E-state index contributed by atoms with van der Waals surface area (Å²) in [4.78, 5) is 4.20. The molecule has 0 saturated heterocycles. The minimum atomic E-state index is 0.337. The van der Waals surface area contributed by atoms with Crippen molar-refractivity contribution in [1.82, 2.24) is 14.9 Å². The molecule has 1 aromatic carbocycles. The molecule has 21 heavy (non-hydrogen) atoms. The highest BCUT2D eigenvalue weighted by Gasteiger charge is 2.06. The largest absolute Gasteiger partial charge is 0.487 e. The number of nitrogens with one attached hydrogen (secondary N) is 1. The van der Waals surface area contributed by atoms with Gasteiger partial charge >= 0.3 is 0 Å². The normalized spacial score (nSPS) is 12.3. The lowest BCUT2D eigenvalue weighted by Crippen LogP contribution is -2.17. The Labute approximate surface area is 127 Å². The molecular formula is C17H25N3O. The lowest BCUT2D eigenvalue weighted by molar-refractivity contribution is 0.294. The maximum atomic E-state index is 5.92. The molecule has 1 N–H and O–H groups in total. The van der Waals surface area contributed by atoms with Crippen molar-refractivity contribution in [2.45, 2.75) is 46.4 Å². The van der Waals surface area contributed by atoms with Gasteiger partial charge in [0.05, 0.1) is 18.2 Å². The number of nitrogens with zero attached hydrogens (tertiary/aromatic N) is 2. The number of imidazole rings is 1. The van der Waals surface area contributed by atoms with Gasteiger partial charge in [0.2, 0.25) is 0 Å². The SMILES string of the molecule is CCCn1cncc1COc1cccc(C(C)NCC)c1. The van der Waals surface area contributed by atoms with Crippen LogP contribution >= 0.6 is 0 Å². The Morgan fingerprint density at radius 3 is 2.95 bits per heavy atom. The van der Waals surface area contributed by atoms with Gasteiger partial charge in [0.25, 0.3) is 0 Å². The van der Waals surface area contributed by atoms with Crippen molar-refractivity contribution in [2.24, 2.45) is 0 Å². The number of rotatable bonds is 8. The van der Waals surface area contributed by atoms with Gasteiger partial charge in [-0.05, 0) is 37.6 Å². The summed E-state index contributed by atoms with van der Waals surface area (Å²) in [6.45, 7) is 8.94. The number of hydrogen-bond acceptors (Lipinski definition) is 3. The summed E-state index contributed by atoms with van der Waals surface area (Å²) in [7, 11) is 0. The van der Waals surface area contributed by atoms with Crippen LogP contribution < -0.4 is 10.1 Å². The fourth-order valence-electron chi connectivity index (χ4n) is 2.37. The molecule has 0 spiro atoms. The molecule has 114 valence electrons. The molecular weight excluding hydrogens is 262 g/mol. The van der Waals surface area contributed by atoms with Crippen LogP contribution in [0.5, 0.6) is 5.75 Å². The second-order valence-corrected chi connectivity index (χ2v) is 5.22. The minimum Gasteiger partial charge on any atom is -0.487 e. The van der Waals surface area contributed by atoms with Crippen LogP contribution in [0.3, 0.4) is 0 Å². The Morgan fingerprint density at radius 2 is 2.19 bits per heavy atom. The van der Waals surface area contributed by atoms with E-state index in [1.54, 1.807) is 0 Å². The number of aryl methyl sites for hydroxylation is 1. The zero-order valence-corrected chi connectivity index (χ0v) is 13.2. The lowest BCUT2D eigenvalue weighted by Gasteiger charge is -2.14. The Hall–Kier alpha value is -1.81. The van der Waals surface area contributed by atoms with Crippen LogP contribution in [0.4, 0.5) is 0 Å². The quantitative estimate of drug-likeness (QED) is 0.807. The summed E-state index contributed by atoms with van der Waals surface area (Å²) >= 11 is 0. The first-order valence-corrected chi connectivity index (χ1v) is 7.69. The lowest BCUT2D eigenvalue weighted by atomic mass is 10.1. The number of aromatic nitrogens is 2. The van der Waals surface area contributed by atoms with Crippen LogP contribution in [0.1, 0.15) is 44.5 Å². The second-order valence-electron chi connectivity index (χ2n) is 5.22. The molecule has 1 atom stereocenters. The van der Waals surface area contributed by atoms with Crippen molar-refractivity contribution >= 4 is 0 Å². The van der Waals surface area contributed by atoms with E-state index in [-0.39, 0.29) is 0 Å². The Bertz CT molecular complexity index is 550. The highest BCUT2D eigenvalue weighted by molar-refractivity contribution is 5.30. The Balaban J connectivity index is 1.99. The molecule has 0 fully saturated rings. The maximum absolute atomic E-state index is 5.92. The van der Waals surface area contributed by atoms with Crippen molar-refractivity contribution in [3.63, 3.8) is 0 Å². The average Bonchev–Trinajstić information content (AvgIpc) is 2.93. The molecule has 0 radical (unpaired) electrons. The Kier molecular flexibility index (Phi) is 5.81. The highest BCUT2D eigenvalue weighted by Crippen LogP contribution is 2.20. The third kappa shape index (κ3) is 4.33. The zero-order valence-electron chi connectivity index (χ0n) is 13.2. The summed E-state index contributed by atoms with van der Waals surface area (Å²) in [5.74, 6) is 0.904. The van der Waals surface area contributed by atoms with Gasteiger partial charge in [-0.15, -0.1) is 0 Å². The summed E-state index contributed by atoms with van der Waals surface area (Å²) in [5, 5.41) is 3.41. The third-order valence-electron chi connectivity index (χ3n) is 3.52. The topological polar surface area (TPSA) is 39.1 Å². The molecule has 0 amide bonds. The molecule has 0 aliphatic heterocycles. The standard InChI is InChI=1S/C17H25N3O/c1-4-9-20-13-18-11-16(20)12-21-17-8-6-7-15(10-17)14(3)19-5-2/h6-8,10-11,13-14,19H,4-5,9,12H2,1-3H3. The average molecular weight is 287 g/mol. The van der Waals surface area contributed by atoms with Gasteiger partial charge in [-0.1, -0.05) is 26.0 Å². The van der Waals surface area contributed by atoms with E-state index in [1.807, 2.05) is 24.7 Å². The molecule has 2 aromatic rings. The fraction of sp³-hybridized carbons (Fsp3) is 0.471. The van der Waals surface area contributed by atoms with Crippen molar-refractivity contribution in [3.8, 4) is 5.75 Å². The first kappa shape index (κ1) is 15.6. The molecule has 4 nitrogen and oxygen atoms in total. The van der Waals surface area contributed by atoms with E-state index in [9.17, 15) is 0 Å². The van der Waals surface area contributed by atoms with Crippen LogP contribution in [0.2, 0.25) is 0 Å². The van der Waals surface area contributed by atoms with Gasteiger partial charge in [-0.3, -0.25) is 0 Å². The number of hydrogen-bond donors (Lipinski definition) is 1. The summed E-state index contributed by atoms with van der Waals surface area (Å²) in [6.07, 6.45) is 4.84. The van der Waals surface area contributed by atoms with E-state index >= 15 is 0 Å². The number of benzene rings is 1. The smallest absolute Gasteiger partial charge is 0.130 e. The molecule has 0 bridgehead atoms. The first-order chi connectivity index (χ1) is 10.2. The molecule has 0 aliphatic rings. The minimum absolute atomic E-state index is 0.337. The van der Waals surface area contributed by atoms with Gasteiger partial charge < -0.3 is 14.6 Å². The first-order valence-electron chi connectivity index (χ1n) is 7.69. The van der Waals surface area contributed by atoms with E-state index in [4.69, 9.17) is 4.74 Å². The van der Waals surface area contributed by atoms with Crippen molar-refractivity contribution in [2.75, 3.05) is 6.54 Å². The summed E-state index contributed by atoms with van der Waals surface area (Å²) in [5.41, 5.74) is 2.36. The van der Waals surface area contributed by atoms with Gasteiger partial charge in [-0.2, -0.15) is 0 Å². The van der Waals surface area contributed by atoms with Crippen LogP contribution in [0.25, 0.3) is 0 Å². The van der Waals surface area contributed by atoms with E-state index < -0.39 is 0 Å². The van der Waals surface area contributed by atoms with Crippen molar-refractivity contribution < 1.29 is 4.74 Å². The van der Waals surface area contributed by atoms with Gasteiger partial charge in [0.15, 0.2) is 0 Å². The molecule has 1 unspecified atom stereocenters. The van der Waals surface area contributed by atoms with Gasteiger partial charge in [0, 0.05) is 12.6 Å². The zero-order chi connectivity index (χ0) is 15.1. The maximum Gasteiger partial charge on any atom is 0.130 e. The number of ether oxygens (including phenoxy) is 1. The monoisotopic (exact) mass is 287 g/mol. The summed E-state index contributed by atoms with van der Waals surface area (Å²) in [6, 6.07) is 8.61. The van der Waals surface area contributed by atoms with Gasteiger partial charge in [-0.25, -0.2) is 4.98 Å². The van der Waals surface area contributed by atoms with Crippen molar-refractivity contribution in [1.29, 1.82) is 0 Å². The highest BCUT2D eigenvalue weighted by atomic mass is 16.5. The van der Waals surface area contributed by atoms with E-state index in [0.717, 1.165) is 31.0 Å². The molecule has 1 aromatic heterocycles. The predicted molar refractivity (Wildman–Crippen MR) is 85.4 cm³/mol. The summed E-state index contributed by atoms with van der Waals surface area (Å²) < 4.78 is 8.06.